The maximum atomic E-state index is 14.2. The van der Waals surface area contributed by atoms with Crippen molar-refractivity contribution in [2.45, 2.75) is 37.6 Å². The third-order valence-electron chi connectivity index (χ3n) is 7.12. The van der Waals surface area contributed by atoms with Crippen LogP contribution < -0.4 is 10.2 Å². The van der Waals surface area contributed by atoms with Gasteiger partial charge in [-0.2, -0.15) is 0 Å². The molecule has 4 aromatic rings. The number of anilines is 2. The van der Waals surface area contributed by atoms with E-state index in [1.165, 1.54) is 0 Å². The summed E-state index contributed by atoms with van der Waals surface area (Å²) in [5.41, 5.74) is 5.71. The van der Waals surface area contributed by atoms with E-state index in [9.17, 15) is 9.59 Å². The Kier molecular flexibility index (Phi) is 8.07. The number of urea groups is 1. The Bertz CT molecular complexity index is 1450. The van der Waals surface area contributed by atoms with Gasteiger partial charge in [0.2, 0.25) is 5.91 Å². The van der Waals surface area contributed by atoms with Gasteiger partial charge in [-0.1, -0.05) is 55.3 Å². The highest BCUT2D eigenvalue weighted by molar-refractivity contribution is 7.98. The molecule has 5 rings (SSSR count). The minimum absolute atomic E-state index is 0.0217. The number of carbonyl (C=O) groups is 2. The first-order valence-corrected chi connectivity index (χ1v) is 14.6. The first-order chi connectivity index (χ1) is 19.0. The van der Waals surface area contributed by atoms with Crippen molar-refractivity contribution in [2.24, 2.45) is 0 Å². The van der Waals surface area contributed by atoms with Gasteiger partial charge in [0.25, 0.3) is 0 Å². The first kappa shape index (κ1) is 26.6. The number of hydrogen-bond acceptors (Lipinski definition) is 3. The number of carbonyl (C=O) groups excluding carboxylic acids is 2. The van der Waals surface area contributed by atoms with Crippen LogP contribution in [0.15, 0.2) is 96.0 Å². The molecule has 0 aliphatic carbocycles. The first-order valence-electron chi connectivity index (χ1n) is 13.4. The Labute approximate surface area is 234 Å². The van der Waals surface area contributed by atoms with E-state index in [1.54, 1.807) is 16.7 Å². The highest BCUT2D eigenvalue weighted by atomic mass is 32.2. The number of benzene rings is 3. The largest absolute Gasteiger partial charge is 0.322 e. The lowest BCUT2D eigenvalue weighted by Crippen LogP contribution is -2.48. The molecule has 1 unspecified atom stereocenters. The second-order valence-corrected chi connectivity index (χ2v) is 10.7. The molecule has 0 saturated carbocycles. The van der Waals surface area contributed by atoms with Crippen LogP contribution in [0.4, 0.5) is 16.2 Å². The standard InChI is InChI=1S/C32H34N4O2S/c1-4-5-20-34(32(38)33-25-16-18-26(39-3)19-17-25)22-30(37)36-28-10-7-6-9-27(28)35-21-8-11-29(35)31(36)24-14-12-23(2)13-15-24/h6-19,21,31H,4-5,20,22H2,1-3H3,(H,33,38). The molecule has 200 valence electrons. The summed E-state index contributed by atoms with van der Waals surface area (Å²) < 4.78 is 2.16. The van der Waals surface area contributed by atoms with Crippen molar-refractivity contribution < 1.29 is 9.59 Å². The summed E-state index contributed by atoms with van der Waals surface area (Å²) >= 11 is 1.65. The molecule has 0 spiro atoms. The predicted molar refractivity (Wildman–Crippen MR) is 160 cm³/mol. The third kappa shape index (κ3) is 5.59. The van der Waals surface area contributed by atoms with E-state index >= 15 is 0 Å². The number of nitrogens with zero attached hydrogens (tertiary/aromatic N) is 3. The van der Waals surface area contributed by atoms with Crippen LogP contribution in [0.3, 0.4) is 0 Å². The molecule has 39 heavy (non-hydrogen) atoms. The van der Waals surface area contributed by atoms with E-state index in [0.717, 1.165) is 45.9 Å². The van der Waals surface area contributed by atoms with Crippen molar-refractivity contribution in [3.05, 3.63) is 108 Å². The molecule has 6 nitrogen and oxygen atoms in total. The number of fused-ring (bicyclic) bond motifs is 3. The molecule has 3 aromatic carbocycles. The fraction of sp³-hybridized carbons (Fsp3) is 0.250. The maximum absolute atomic E-state index is 14.2. The zero-order valence-corrected chi connectivity index (χ0v) is 23.4. The number of para-hydroxylation sites is 2. The van der Waals surface area contributed by atoms with E-state index < -0.39 is 0 Å². The molecule has 0 bridgehead atoms. The molecule has 0 saturated heterocycles. The molecule has 1 aliphatic heterocycles. The van der Waals surface area contributed by atoms with Crippen LogP contribution in [0.25, 0.3) is 5.69 Å². The quantitative estimate of drug-likeness (QED) is 0.240. The second kappa shape index (κ2) is 11.8. The summed E-state index contributed by atoms with van der Waals surface area (Å²) in [6.45, 7) is 4.62. The van der Waals surface area contributed by atoms with Crippen molar-refractivity contribution >= 4 is 35.1 Å². The highest BCUT2D eigenvalue weighted by Gasteiger charge is 2.36. The zero-order valence-electron chi connectivity index (χ0n) is 22.6. The van der Waals surface area contributed by atoms with Gasteiger partial charge in [0.1, 0.15) is 12.6 Å². The number of thioether (sulfide) groups is 1. The van der Waals surface area contributed by atoms with Crippen molar-refractivity contribution in [1.82, 2.24) is 9.47 Å². The van der Waals surface area contributed by atoms with E-state index in [4.69, 9.17) is 0 Å². The molecule has 1 N–H and O–H groups in total. The monoisotopic (exact) mass is 538 g/mol. The lowest BCUT2D eigenvalue weighted by molar-refractivity contribution is -0.119. The lowest BCUT2D eigenvalue weighted by Gasteiger charge is -2.39. The van der Waals surface area contributed by atoms with Crippen molar-refractivity contribution in [1.29, 1.82) is 0 Å². The SMILES string of the molecule is CCCCN(CC(=O)N1c2ccccc2-n2cccc2C1c1ccc(C)cc1)C(=O)Nc1ccc(SC)cc1. The Balaban J connectivity index is 1.48. The Morgan fingerprint density at radius 1 is 0.923 bits per heavy atom. The number of rotatable bonds is 8. The van der Waals surface area contributed by atoms with Gasteiger partial charge in [-0.05, 0) is 73.7 Å². The number of unbranched alkanes of at least 4 members (excludes halogenated alkanes) is 1. The van der Waals surface area contributed by atoms with E-state index in [0.29, 0.717) is 12.2 Å². The molecule has 1 atom stereocenters. The van der Waals surface area contributed by atoms with Gasteiger partial charge in [-0.3, -0.25) is 9.69 Å². The van der Waals surface area contributed by atoms with Crippen LogP contribution >= 0.6 is 11.8 Å². The maximum Gasteiger partial charge on any atom is 0.322 e. The van der Waals surface area contributed by atoms with Gasteiger partial charge in [-0.15, -0.1) is 11.8 Å². The lowest BCUT2D eigenvalue weighted by atomic mass is 9.97. The molecule has 2 heterocycles. The number of nitrogens with one attached hydrogen (secondary N) is 1. The molecule has 0 radical (unpaired) electrons. The molecule has 7 heteroatoms. The highest BCUT2D eigenvalue weighted by Crippen LogP contribution is 2.42. The Morgan fingerprint density at radius 3 is 2.33 bits per heavy atom. The normalized spacial score (nSPS) is 13.9. The Morgan fingerprint density at radius 2 is 1.64 bits per heavy atom. The summed E-state index contributed by atoms with van der Waals surface area (Å²) in [6.07, 6.45) is 5.80. The predicted octanol–water partition coefficient (Wildman–Crippen LogP) is 7.28. The summed E-state index contributed by atoms with van der Waals surface area (Å²) in [7, 11) is 0. The summed E-state index contributed by atoms with van der Waals surface area (Å²) in [5, 5.41) is 2.99. The Hall–Kier alpha value is -3.97. The third-order valence-corrected chi connectivity index (χ3v) is 7.86. The van der Waals surface area contributed by atoms with Crippen molar-refractivity contribution in [3.63, 3.8) is 0 Å². The number of hydrogen-bond donors (Lipinski definition) is 1. The zero-order chi connectivity index (χ0) is 27.4. The fourth-order valence-corrected chi connectivity index (χ4v) is 5.45. The van der Waals surface area contributed by atoms with E-state index in [2.05, 4.69) is 54.1 Å². The summed E-state index contributed by atoms with van der Waals surface area (Å²) in [6, 6.07) is 27.6. The van der Waals surface area contributed by atoms with Gasteiger partial charge < -0.3 is 14.8 Å². The van der Waals surface area contributed by atoms with Gasteiger partial charge in [0.05, 0.1) is 17.1 Å². The van der Waals surface area contributed by atoms with Crippen LogP contribution in [0, 0.1) is 6.92 Å². The molecular weight excluding hydrogens is 504 g/mol. The van der Waals surface area contributed by atoms with Gasteiger partial charge >= 0.3 is 6.03 Å². The molecule has 1 aliphatic rings. The van der Waals surface area contributed by atoms with Crippen LogP contribution in [-0.4, -0.2) is 40.8 Å². The van der Waals surface area contributed by atoms with Crippen LogP contribution in [0.1, 0.15) is 42.6 Å². The molecule has 1 aromatic heterocycles. The van der Waals surface area contributed by atoms with Crippen molar-refractivity contribution in [3.8, 4) is 5.69 Å². The molecule has 3 amide bonds. The van der Waals surface area contributed by atoms with Gasteiger partial charge in [-0.25, -0.2) is 4.79 Å². The summed E-state index contributed by atoms with van der Waals surface area (Å²) in [5.74, 6) is -0.121. The molecule has 0 fully saturated rings. The minimum atomic E-state index is -0.307. The van der Waals surface area contributed by atoms with Crippen LogP contribution in [0.5, 0.6) is 0 Å². The van der Waals surface area contributed by atoms with E-state index in [-0.39, 0.29) is 24.5 Å². The number of aromatic nitrogens is 1. The van der Waals surface area contributed by atoms with Crippen LogP contribution in [0.2, 0.25) is 0 Å². The fourth-order valence-electron chi connectivity index (χ4n) is 5.04. The van der Waals surface area contributed by atoms with E-state index in [1.807, 2.05) is 71.9 Å². The van der Waals surface area contributed by atoms with Crippen LogP contribution in [-0.2, 0) is 4.79 Å². The summed E-state index contributed by atoms with van der Waals surface area (Å²) in [4.78, 5) is 32.3. The topological polar surface area (TPSA) is 57.6 Å². The van der Waals surface area contributed by atoms with Gasteiger partial charge in [0.15, 0.2) is 0 Å². The van der Waals surface area contributed by atoms with Gasteiger partial charge in [0, 0.05) is 23.3 Å². The van der Waals surface area contributed by atoms with Crippen molar-refractivity contribution in [2.75, 3.05) is 29.6 Å². The number of aryl methyl sites for hydroxylation is 1. The molecular formula is C32H34N4O2S. The smallest absolute Gasteiger partial charge is 0.316 e. The average Bonchev–Trinajstić information content (AvgIpc) is 3.45. The second-order valence-electron chi connectivity index (χ2n) is 9.80. The average molecular weight is 539 g/mol. The number of amides is 3. The minimum Gasteiger partial charge on any atom is -0.316 e.